The lowest BCUT2D eigenvalue weighted by molar-refractivity contribution is -0.201. The maximum absolute atomic E-state index is 13.2. The topological polar surface area (TPSA) is 60.9 Å². The van der Waals surface area contributed by atoms with Crippen molar-refractivity contribution in [1.29, 1.82) is 0 Å². The summed E-state index contributed by atoms with van der Waals surface area (Å²) in [7, 11) is 1.41. The lowest BCUT2D eigenvalue weighted by atomic mass is 10.1. The molecule has 2 heterocycles. The Morgan fingerprint density at radius 3 is 2.21 bits per heavy atom. The third kappa shape index (κ3) is 3.76. The average molecular weight is 397 g/mol. The van der Waals surface area contributed by atoms with E-state index in [1.54, 1.807) is 31.2 Å². The summed E-state index contributed by atoms with van der Waals surface area (Å²) in [6, 6.07) is 4.37. The average Bonchev–Trinajstić information content (AvgIpc) is 2.88. The van der Waals surface area contributed by atoms with E-state index in [9.17, 15) is 27.6 Å². The second-order valence-electron chi connectivity index (χ2n) is 7.28. The fraction of sp³-hybridized carbons (Fsp3) is 0.526. The Hall–Kier alpha value is -2.42. The summed E-state index contributed by atoms with van der Waals surface area (Å²) in [4.78, 5) is 40.6. The number of fused-ring (bicyclic) bond motifs is 1. The van der Waals surface area contributed by atoms with Gasteiger partial charge >= 0.3 is 6.18 Å². The molecular weight excluding hydrogens is 375 g/mol. The second-order valence-corrected chi connectivity index (χ2v) is 7.28. The van der Waals surface area contributed by atoms with Gasteiger partial charge < -0.3 is 4.90 Å². The maximum Gasteiger partial charge on any atom is 0.405 e. The monoisotopic (exact) mass is 397 g/mol. The predicted molar refractivity (Wildman–Crippen MR) is 94.7 cm³/mol. The molecule has 0 spiro atoms. The largest absolute Gasteiger partial charge is 0.405 e. The molecule has 0 aromatic heterocycles. The Bertz CT molecular complexity index is 761. The maximum atomic E-state index is 13.2. The van der Waals surface area contributed by atoms with Gasteiger partial charge in [0, 0.05) is 32.1 Å². The molecule has 0 N–H and O–H groups in total. The quantitative estimate of drug-likeness (QED) is 0.731. The predicted octanol–water partition coefficient (Wildman–Crippen LogP) is 2.16. The van der Waals surface area contributed by atoms with Crippen LogP contribution in [-0.2, 0) is 4.79 Å². The lowest BCUT2D eigenvalue weighted by Gasteiger charge is -2.44. The summed E-state index contributed by atoms with van der Waals surface area (Å²) in [5, 5.41) is 0. The van der Waals surface area contributed by atoms with Crippen LogP contribution in [0, 0.1) is 0 Å². The Kier molecular flexibility index (Phi) is 5.47. The Balaban J connectivity index is 1.56. The molecule has 0 bridgehead atoms. The lowest BCUT2D eigenvalue weighted by Crippen LogP contribution is -2.62. The molecule has 6 nitrogen and oxygen atoms in total. The molecule has 1 saturated heterocycles. The molecule has 3 rings (SSSR count). The van der Waals surface area contributed by atoms with E-state index in [1.165, 1.54) is 16.8 Å². The normalized spacial score (nSPS) is 23.3. The summed E-state index contributed by atoms with van der Waals surface area (Å²) in [5.74, 6) is -1.21. The van der Waals surface area contributed by atoms with E-state index < -0.39 is 42.5 Å². The molecule has 0 radical (unpaired) electrons. The molecule has 28 heavy (non-hydrogen) atoms. The van der Waals surface area contributed by atoms with Gasteiger partial charge in [-0.3, -0.25) is 24.2 Å². The first-order valence-corrected chi connectivity index (χ1v) is 9.13. The summed E-state index contributed by atoms with van der Waals surface area (Å²) in [6.45, 7) is 1.52. The molecule has 3 amide bonds. The molecule has 1 aromatic carbocycles. The number of alkyl halides is 3. The number of halogens is 3. The molecule has 152 valence electrons. The van der Waals surface area contributed by atoms with Crippen LogP contribution in [0.25, 0.3) is 0 Å². The van der Waals surface area contributed by atoms with Crippen LogP contribution in [0.5, 0.6) is 0 Å². The first kappa shape index (κ1) is 20.3. The van der Waals surface area contributed by atoms with E-state index in [0.717, 1.165) is 4.90 Å². The smallest absolute Gasteiger partial charge is 0.339 e. The highest BCUT2D eigenvalue weighted by Gasteiger charge is 2.47. The van der Waals surface area contributed by atoms with Gasteiger partial charge in [0.15, 0.2) is 0 Å². The van der Waals surface area contributed by atoms with Gasteiger partial charge in [-0.05, 0) is 32.5 Å². The molecule has 2 aliphatic heterocycles. The highest BCUT2D eigenvalue weighted by atomic mass is 19.4. The molecule has 0 saturated carbocycles. The van der Waals surface area contributed by atoms with E-state index in [4.69, 9.17) is 0 Å². The number of likely N-dealkylation sites (N-methyl/N-ethyl adjacent to an activating group) is 1. The van der Waals surface area contributed by atoms with Gasteiger partial charge in [-0.2, -0.15) is 13.2 Å². The van der Waals surface area contributed by atoms with Crippen LogP contribution in [0.15, 0.2) is 24.3 Å². The van der Waals surface area contributed by atoms with Crippen molar-refractivity contribution < 1.29 is 27.6 Å². The third-order valence-electron chi connectivity index (χ3n) is 5.45. The molecular formula is C19H22F3N3O3. The van der Waals surface area contributed by atoms with E-state index in [2.05, 4.69) is 0 Å². The van der Waals surface area contributed by atoms with Crippen molar-refractivity contribution in [2.24, 2.45) is 0 Å². The summed E-state index contributed by atoms with van der Waals surface area (Å²) in [6.07, 6.45) is -4.22. The van der Waals surface area contributed by atoms with Crippen molar-refractivity contribution in [3.63, 3.8) is 0 Å². The highest BCUT2D eigenvalue weighted by Crippen LogP contribution is 2.29. The minimum absolute atomic E-state index is 0.0194. The van der Waals surface area contributed by atoms with E-state index in [0.29, 0.717) is 11.1 Å². The van der Waals surface area contributed by atoms with Gasteiger partial charge in [-0.1, -0.05) is 12.1 Å². The van der Waals surface area contributed by atoms with Crippen molar-refractivity contribution in [2.45, 2.75) is 38.0 Å². The second kappa shape index (κ2) is 7.54. The van der Waals surface area contributed by atoms with Crippen molar-refractivity contribution in [2.75, 3.05) is 26.7 Å². The van der Waals surface area contributed by atoms with Crippen LogP contribution >= 0.6 is 0 Å². The van der Waals surface area contributed by atoms with Crippen LogP contribution in [0.3, 0.4) is 0 Å². The van der Waals surface area contributed by atoms with Crippen molar-refractivity contribution in [1.82, 2.24) is 14.7 Å². The number of amides is 3. The highest BCUT2D eigenvalue weighted by molar-refractivity contribution is 6.21. The summed E-state index contributed by atoms with van der Waals surface area (Å²) < 4.78 is 39.6. The van der Waals surface area contributed by atoms with Crippen LogP contribution < -0.4 is 0 Å². The Labute approximate surface area is 160 Å². The first-order valence-electron chi connectivity index (χ1n) is 9.13. The van der Waals surface area contributed by atoms with Crippen LogP contribution in [-0.4, -0.2) is 77.4 Å². The Morgan fingerprint density at radius 2 is 1.68 bits per heavy atom. The number of rotatable bonds is 4. The minimum atomic E-state index is -4.41. The molecule has 2 aliphatic rings. The zero-order chi connectivity index (χ0) is 20.6. The molecule has 9 heteroatoms. The Morgan fingerprint density at radius 1 is 1.11 bits per heavy atom. The molecule has 1 fully saturated rings. The number of piperazine rings is 1. The molecule has 2 unspecified atom stereocenters. The molecule has 2 atom stereocenters. The standard InChI is InChI=1S/C19H22F3N3O3/c1-12-10-24(11-15(23(12)2)19(20,21)22)16(26)8-5-9-25-17(27)13-6-3-4-7-14(13)18(25)28/h3-4,6-7,12,15H,5,8-11H2,1-2H3. The number of imide groups is 1. The van der Waals surface area contributed by atoms with Gasteiger partial charge in [-0.15, -0.1) is 0 Å². The van der Waals surface area contributed by atoms with Gasteiger partial charge in [0.25, 0.3) is 11.8 Å². The SMILES string of the molecule is CC1CN(C(=O)CCCN2C(=O)c3ccccc3C2=O)CC(C(F)(F)F)N1C. The van der Waals surface area contributed by atoms with Crippen molar-refractivity contribution in [3.8, 4) is 0 Å². The first-order chi connectivity index (χ1) is 13.1. The third-order valence-corrected chi connectivity index (χ3v) is 5.45. The van der Waals surface area contributed by atoms with E-state index >= 15 is 0 Å². The van der Waals surface area contributed by atoms with E-state index in [1.807, 2.05) is 0 Å². The number of hydrogen-bond acceptors (Lipinski definition) is 4. The number of benzene rings is 1. The van der Waals surface area contributed by atoms with Crippen LogP contribution in [0.4, 0.5) is 13.2 Å². The van der Waals surface area contributed by atoms with Gasteiger partial charge in [0.05, 0.1) is 11.1 Å². The van der Waals surface area contributed by atoms with Crippen molar-refractivity contribution >= 4 is 17.7 Å². The van der Waals surface area contributed by atoms with Gasteiger partial charge in [-0.25, -0.2) is 0 Å². The zero-order valence-corrected chi connectivity index (χ0v) is 15.7. The summed E-state index contributed by atoms with van der Waals surface area (Å²) in [5.41, 5.74) is 0.666. The van der Waals surface area contributed by atoms with Crippen LogP contribution in [0.1, 0.15) is 40.5 Å². The number of carbonyl (C=O) groups is 3. The van der Waals surface area contributed by atoms with Gasteiger partial charge in [0.1, 0.15) is 6.04 Å². The zero-order valence-electron chi connectivity index (χ0n) is 15.7. The number of carbonyl (C=O) groups excluding carboxylic acids is 3. The number of nitrogens with zero attached hydrogens (tertiary/aromatic N) is 3. The molecule has 1 aromatic rings. The minimum Gasteiger partial charge on any atom is -0.339 e. The number of hydrogen-bond donors (Lipinski definition) is 0. The fourth-order valence-electron chi connectivity index (χ4n) is 3.69. The summed E-state index contributed by atoms with van der Waals surface area (Å²) >= 11 is 0. The van der Waals surface area contributed by atoms with Gasteiger partial charge in [0.2, 0.25) is 5.91 Å². The fourth-order valence-corrected chi connectivity index (χ4v) is 3.69. The van der Waals surface area contributed by atoms with Crippen LogP contribution in [0.2, 0.25) is 0 Å². The van der Waals surface area contributed by atoms with Crippen molar-refractivity contribution in [3.05, 3.63) is 35.4 Å². The molecule has 0 aliphatic carbocycles. The van der Waals surface area contributed by atoms with E-state index in [-0.39, 0.29) is 25.9 Å².